The summed E-state index contributed by atoms with van der Waals surface area (Å²) in [6.45, 7) is 16.5. The van der Waals surface area contributed by atoms with Gasteiger partial charge >= 0.3 is 0 Å². The van der Waals surface area contributed by atoms with Gasteiger partial charge in [-0.2, -0.15) is 0 Å². The summed E-state index contributed by atoms with van der Waals surface area (Å²) in [6.07, 6.45) is 16.7. The first-order valence-electron chi connectivity index (χ1n) is 16.8. The average molecular weight is 601 g/mol. The lowest BCUT2D eigenvalue weighted by molar-refractivity contribution is -0.220. The first-order chi connectivity index (χ1) is 20.4. The molecule has 1 aromatic carbocycles. The van der Waals surface area contributed by atoms with E-state index in [9.17, 15) is 0 Å². The predicted octanol–water partition coefficient (Wildman–Crippen LogP) is 10.7. The molecule has 0 fully saturated rings. The monoisotopic (exact) mass is 601 g/mol. The first kappa shape index (κ1) is 45.4. The lowest BCUT2D eigenvalue weighted by Crippen LogP contribution is -2.30. The van der Waals surface area contributed by atoms with Crippen molar-refractivity contribution >= 4 is 0 Å². The van der Waals surface area contributed by atoms with E-state index < -0.39 is 5.79 Å². The normalized spacial score (nSPS) is 10.9. The van der Waals surface area contributed by atoms with E-state index in [4.69, 9.17) is 28.4 Å². The Morgan fingerprint density at radius 3 is 1.29 bits per heavy atom. The highest BCUT2D eigenvalue weighted by atomic mass is 16.7. The molecule has 0 amide bonds. The molecule has 0 saturated heterocycles. The fourth-order valence-corrected chi connectivity index (χ4v) is 4.16. The van der Waals surface area contributed by atoms with Gasteiger partial charge in [-0.15, -0.1) is 0 Å². The number of benzene rings is 1. The van der Waals surface area contributed by atoms with Crippen LogP contribution in [0.2, 0.25) is 0 Å². The topological polar surface area (TPSA) is 55.4 Å². The van der Waals surface area contributed by atoms with Crippen LogP contribution in [0.1, 0.15) is 144 Å². The van der Waals surface area contributed by atoms with Gasteiger partial charge in [-0.3, -0.25) is 0 Å². The Kier molecular flexibility index (Phi) is 39.1. The standard InChI is InChI=1S/C13H20O2.C10H22O2.C8H18O2.C5H12/c1-4-5-11-13(14-2,15-3)12-9-7-6-8-10-12;1-4-7-8-9-10(11-5-2)12-6-3;1-4-5-6-7-8(9-2)10-3;1-3-5-4-2/h6-10H,4-5,11H2,1-3H3;10H,4-9H2,1-3H3;8H,4-7H2,1-3H3;3-5H2,1-2H3. The Morgan fingerprint density at radius 2 is 0.952 bits per heavy atom. The third kappa shape index (κ3) is 26.6. The lowest BCUT2D eigenvalue weighted by atomic mass is 9.99. The number of hydrogen-bond acceptors (Lipinski definition) is 6. The fraction of sp³-hybridized carbons (Fsp3) is 0.833. The second kappa shape index (κ2) is 36.2. The summed E-state index contributed by atoms with van der Waals surface area (Å²) in [5.74, 6) is -0.572. The van der Waals surface area contributed by atoms with Crippen molar-refractivity contribution in [2.24, 2.45) is 0 Å². The average Bonchev–Trinajstić information content (AvgIpc) is 3.02. The SMILES string of the molecule is CCCCC.CCCCC(OC)(OC)c1ccccc1.CCCCCC(OC)OC.CCCCCC(OCC)OCC. The summed E-state index contributed by atoms with van der Waals surface area (Å²) in [5, 5.41) is 0. The minimum absolute atomic E-state index is 0.00606. The van der Waals surface area contributed by atoms with Crippen LogP contribution in [0.5, 0.6) is 0 Å². The molecule has 0 heterocycles. The van der Waals surface area contributed by atoms with Crippen molar-refractivity contribution in [2.45, 2.75) is 157 Å². The van der Waals surface area contributed by atoms with Crippen LogP contribution >= 0.6 is 0 Å². The molecule has 42 heavy (non-hydrogen) atoms. The molecule has 0 aliphatic carbocycles. The third-order valence-corrected chi connectivity index (χ3v) is 6.76. The van der Waals surface area contributed by atoms with Gasteiger partial charge < -0.3 is 28.4 Å². The number of hydrogen-bond donors (Lipinski definition) is 0. The highest BCUT2D eigenvalue weighted by Crippen LogP contribution is 2.31. The summed E-state index contributed by atoms with van der Waals surface area (Å²) in [6, 6.07) is 10.1. The van der Waals surface area contributed by atoms with Crippen LogP contribution in [0.15, 0.2) is 30.3 Å². The van der Waals surface area contributed by atoms with Crippen molar-refractivity contribution < 1.29 is 28.4 Å². The number of unbranched alkanes of at least 4 members (excludes halogenated alkanes) is 7. The summed E-state index contributed by atoms with van der Waals surface area (Å²) >= 11 is 0. The van der Waals surface area contributed by atoms with Crippen LogP contribution < -0.4 is 0 Å². The van der Waals surface area contributed by atoms with Crippen molar-refractivity contribution in [1.82, 2.24) is 0 Å². The van der Waals surface area contributed by atoms with Gasteiger partial charge in [0.05, 0.1) is 0 Å². The number of rotatable bonds is 22. The number of methoxy groups -OCH3 is 4. The summed E-state index contributed by atoms with van der Waals surface area (Å²) in [7, 11) is 6.76. The van der Waals surface area contributed by atoms with Crippen LogP contribution in [0.3, 0.4) is 0 Å². The molecule has 0 aliphatic rings. The van der Waals surface area contributed by atoms with E-state index in [2.05, 4.69) is 34.6 Å². The highest BCUT2D eigenvalue weighted by Gasteiger charge is 2.30. The Hall–Kier alpha value is -1.02. The van der Waals surface area contributed by atoms with Gasteiger partial charge in [-0.25, -0.2) is 0 Å². The maximum Gasteiger partial charge on any atom is 0.194 e. The summed E-state index contributed by atoms with van der Waals surface area (Å²) < 4.78 is 32.0. The summed E-state index contributed by atoms with van der Waals surface area (Å²) in [5.41, 5.74) is 1.09. The van der Waals surface area contributed by atoms with E-state index in [1.165, 1.54) is 57.8 Å². The predicted molar refractivity (Wildman–Crippen MR) is 180 cm³/mol. The molecule has 0 aromatic heterocycles. The Labute approximate surface area is 262 Å². The second-order valence-electron chi connectivity index (χ2n) is 10.2. The van der Waals surface area contributed by atoms with E-state index in [0.717, 1.165) is 50.9 Å². The largest absolute Gasteiger partial charge is 0.356 e. The van der Waals surface area contributed by atoms with E-state index >= 15 is 0 Å². The molecule has 0 aliphatic heterocycles. The molecule has 1 rings (SSSR count). The molecule has 252 valence electrons. The van der Waals surface area contributed by atoms with Crippen molar-refractivity contribution in [3.8, 4) is 0 Å². The van der Waals surface area contributed by atoms with Crippen LogP contribution in [-0.2, 0) is 34.2 Å². The van der Waals surface area contributed by atoms with Crippen molar-refractivity contribution in [3.63, 3.8) is 0 Å². The summed E-state index contributed by atoms with van der Waals surface area (Å²) in [4.78, 5) is 0. The molecule has 0 unspecified atom stereocenters. The maximum atomic E-state index is 5.55. The fourth-order valence-electron chi connectivity index (χ4n) is 4.16. The Bertz CT molecular complexity index is 582. The van der Waals surface area contributed by atoms with E-state index in [-0.39, 0.29) is 12.6 Å². The van der Waals surface area contributed by atoms with Crippen molar-refractivity contribution in [3.05, 3.63) is 35.9 Å². The Morgan fingerprint density at radius 1 is 0.524 bits per heavy atom. The van der Waals surface area contributed by atoms with Gasteiger partial charge in [0.15, 0.2) is 18.4 Å². The molecule has 6 heteroatoms. The van der Waals surface area contributed by atoms with E-state index in [1.807, 2.05) is 44.2 Å². The van der Waals surface area contributed by atoms with E-state index in [0.29, 0.717) is 0 Å². The molecule has 0 saturated carbocycles. The zero-order valence-corrected chi connectivity index (χ0v) is 29.8. The molecule has 1 aromatic rings. The van der Waals surface area contributed by atoms with Gasteiger partial charge in [-0.1, -0.05) is 116 Å². The molecule has 0 radical (unpaired) electrons. The third-order valence-electron chi connectivity index (χ3n) is 6.76. The van der Waals surface area contributed by atoms with Crippen LogP contribution in [-0.4, -0.2) is 54.2 Å². The number of ether oxygens (including phenoxy) is 6. The van der Waals surface area contributed by atoms with Gasteiger partial charge in [0.1, 0.15) is 0 Å². The smallest absolute Gasteiger partial charge is 0.194 e. The van der Waals surface area contributed by atoms with Gasteiger partial charge in [-0.05, 0) is 46.0 Å². The lowest BCUT2D eigenvalue weighted by Gasteiger charge is -2.31. The molecular weight excluding hydrogens is 528 g/mol. The molecular formula is C36H72O6. The van der Waals surface area contributed by atoms with Gasteiger partial charge in [0, 0.05) is 53.6 Å². The van der Waals surface area contributed by atoms with E-state index in [1.54, 1.807) is 28.4 Å². The van der Waals surface area contributed by atoms with Crippen LogP contribution in [0.4, 0.5) is 0 Å². The van der Waals surface area contributed by atoms with Crippen LogP contribution in [0, 0.1) is 0 Å². The van der Waals surface area contributed by atoms with Crippen LogP contribution in [0.25, 0.3) is 0 Å². The van der Waals surface area contributed by atoms with Gasteiger partial charge in [0.2, 0.25) is 0 Å². The Balaban J connectivity index is -0.000000512. The molecule has 0 spiro atoms. The molecule has 0 N–H and O–H groups in total. The zero-order chi connectivity index (χ0) is 32.3. The molecule has 0 atom stereocenters. The first-order valence-corrected chi connectivity index (χ1v) is 16.8. The van der Waals surface area contributed by atoms with Gasteiger partial charge in [0.25, 0.3) is 0 Å². The second-order valence-corrected chi connectivity index (χ2v) is 10.2. The highest BCUT2D eigenvalue weighted by molar-refractivity contribution is 5.20. The molecule has 6 nitrogen and oxygen atoms in total. The zero-order valence-electron chi connectivity index (χ0n) is 29.8. The minimum Gasteiger partial charge on any atom is -0.356 e. The maximum absolute atomic E-state index is 5.55. The molecule has 0 bridgehead atoms. The van der Waals surface area contributed by atoms with Crippen molar-refractivity contribution in [1.29, 1.82) is 0 Å². The quantitative estimate of drug-likeness (QED) is 0.0974. The minimum atomic E-state index is -0.572. The van der Waals surface area contributed by atoms with Crippen molar-refractivity contribution in [2.75, 3.05) is 41.7 Å².